The minimum atomic E-state index is -1.18. The molecule has 0 saturated heterocycles. The molecule has 13 nitrogen and oxygen atoms in total. The van der Waals surface area contributed by atoms with E-state index in [1.165, 1.54) is 6.92 Å². The van der Waals surface area contributed by atoms with Gasteiger partial charge in [0.15, 0.2) is 0 Å². The van der Waals surface area contributed by atoms with Crippen LogP contribution < -0.4 is 22.9 Å². The van der Waals surface area contributed by atoms with Gasteiger partial charge in [-0.3, -0.25) is 19.2 Å². The summed E-state index contributed by atoms with van der Waals surface area (Å²) < 4.78 is 0. The summed E-state index contributed by atoms with van der Waals surface area (Å²) in [6, 6.07) is 6.00. The summed E-state index contributed by atoms with van der Waals surface area (Å²) in [7, 11) is 0. The zero-order chi connectivity index (χ0) is 27.3. The summed E-state index contributed by atoms with van der Waals surface area (Å²) in [6.07, 6.45) is 2.86. The second-order valence-corrected chi connectivity index (χ2v) is 7.60. The lowest BCUT2D eigenvalue weighted by Gasteiger charge is -2.04. The lowest BCUT2D eigenvalue weighted by Crippen LogP contribution is -2.33. The molecule has 0 fully saturated rings. The van der Waals surface area contributed by atoms with Gasteiger partial charge in [0.05, 0.1) is 6.61 Å². The van der Waals surface area contributed by atoms with Crippen LogP contribution in [0.5, 0.6) is 0 Å². The molecule has 1 aromatic rings. The number of carboxylic acids is 4. The fourth-order valence-corrected chi connectivity index (χ4v) is 1.89. The lowest BCUT2D eigenvalue weighted by molar-refractivity contribution is -0.140. The number of hydrogen-bond donors (Lipinski definition) is 9. The van der Waals surface area contributed by atoms with E-state index >= 15 is 0 Å². The standard InChI is InChI=1S/C9H11NO2.C5H11NO2S.C3H7NO3.C3H7NO2/c10-8(9(11)12)6-7-4-2-1-3-5-7;1-9-3-2-4(6)5(7)8;4-2(1-5)3(6)7;1-2(4)3(5)6/h1-5,8H,6,10H2,(H,11,12);4H,2-3,6H2,1H3,(H,7,8);2,5H,1,4H2,(H,6,7);2H,4H2,1H3,(H,5,6)/t8-;4-;2*2-/m0000/s1. The van der Waals surface area contributed by atoms with Crippen molar-refractivity contribution < 1.29 is 44.7 Å². The number of thioether (sulfide) groups is 1. The molecule has 0 radical (unpaired) electrons. The predicted octanol–water partition coefficient (Wildman–Crippen LogP) is -1.40. The number of aliphatic hydroxyl groups excluding tert-OH is 1. The van der Waals surface area contributed by atoms with Gasteiger partial charge in [0, 0.05) is 0 Å². The fraction of sp³-hybridized carbons (Fsp3) is 0.500. The number of rotatable bonds is 10. The molecule has 0 aliphatic carbocycles. The van der Waals surface area contributed by atoms with Gasteiger partial charge in [0.2, 0.25) is 0 Å². The highest BCUT2D eigenvalue weighted by Gasteiger charge is 2.11. The summed E-state index contributed by atoms with van der Waals surface area (Å²) >= 11 is 1.60. The molecular weight excluding hydrogens is 472 g/mol. The molecule has 0 spiro atoms. The molecule has 0 aliphatic heterocycles. The van der Waals surface area contributed by atoms with Crippen molar-refractivity contribution in [2.24, 2.45) is 22.9 Å². The molecular formula is C20H36N4O9S. The summed E-state index contributed by atoms with van der Waals surface area (Å²) in [6.45, 7) is 0.914. The van der Waals surface area contributed by atoms with Crippen LogP contribution in [-0.2, 0) is 25.6 Å². The van der Waals surface area contributed by atoms with Crippen LogP contribution in [0.2, 0.25) is 0 Å². The highest BCUT2D eigenvalue weighted by Crippen LogP contribution is 2.01. The largest absolute Gasteiger partial charge is 0.480 e. The second-order valence-electron chi connectivity index (χ2n) is 6.61. The quantitative estimate of drug-likeness (QED) is 0.176. The van der Waals surface area contributed by atoms with Crippen LogP contribution in [0.1, 0.15) is 18.9 Å². The molecule has 0 bridgehead atoms. The van der Waals surface area contributed by atoms with E-state index in [0.29, 0.717) is 12.8 Å². The number of aliphatic carboxylic acids is 4. The molecule has 13 N–H and O–H groups in total. The van der Waals surface area contributed by atoms with Gasteiger partial charge in [-0.2, -0.15) is 11.8 Å². The maximum atomic E-state index is 10.4. The van der Waals surface area contributed by atoms with E-state index in [1.54, 1.807) is 11.8 Å². The zero-order valence-corrected chi connectivity index (χ0v) is 19.9. The first-order valence-electron chi connectivity index (χ1n) is 9.78. The third kappa shape index (κ3) is 23.9. The Morgan fingerprint density at radius 2 is 1.21 bits per heavy atom. The Labute approximate surface area is 202 Å². The Balaban J connectivity index is -0.000000393. The lowest BCUT2D eigenvalue weighted by atomic mass is 10.1. The van der Waals surface area contributed by atoms with Crippen molar-refractivity contribution in [3.63, 3.8) is 0 Å². The Bertz CT molecular complexity index is 709. The number of hydrogen-bond acceptors (Lipinski definition) is 10. The normalized spacial score (nSPS) is 13.0. The van der Waals surface area contributed by atoms with Gasteiger partial charge in [0.1, 0.15) is 24.2 Å². The highest BCUT2D eigenvalue weighted by molar-refractivity contribution is 7.98. The van der Waals surface area contributed by atoms with Gasteiger partial charge in [-0.15, -0.1) is 0 Å². The van der Waals surface area contributed by atoms with Crippen LogP contribution in [0.25, 0.3) is 0 Å². The summed E-state index contributed by atoms with van der Waals surface area (Å²) in [4.78, 5) is 39.7. The number of carboxylic acid groups (broad SMARTS) is 4. The van der Waals surface area contributed by atoms with E-state index < -0.39 is 54.7 Å². The van der Waals surface area contributed by atoms with Crippen molar-refractivity contribution in [1.82, 2.24) is 0 Å². The number of nitrogens with two attached hydrogens (primary N) is 4. The minimum absolute atomic E-state index is 0.385. The number of benzene rings is 1. The van der Waals surface area contributed by atoms with Crippen LogP contribution in [0.3, 0.4) is 0 Å². The monoisotopic (exact) mass is 508 g/mol. The van der Waals surface area contributed by atoms with Gasteiger partial charge < -0.3 is 48.5 Å². The molecule has 34 heavy (non-hydrogen) atoms. The first kappa shape index (κ1) is 35.8. The van der Waals surface area contributed by atoms with Crippen LogP contribution in [0, 0.1) is 0 Å². The topological polar surface area (TPSA) is 274 Å². The Hall–Kier alpha value is -2.75. The Morgan fingerprint density at radius 3 is 1.47 bits per heavy atom. The number of carbonyl (C=O) groups is 4. The van der Waals surface area contributed by atoms with Crippen LogP contribution in [-0.4, -0.2) is 92.2 Å². The van der Waals surface area contributed by atoms with Gasteiger partial charge in [0.25, 0.3) is 0 Å². The van der Waals surface area contributed by atoms with E-state index in [2.05, 4.69) is 0 Å². The molecule has 0 amide bonds. The first-order valence-corrected chi connectivity index (χ1v) is 11.2. The molecule has 4 atom stereocenters. The minimum Gasteiger partial charge on any atom is -0.480 e. The van der Waals surface area contributed by atoms with E-state index in [1.807, 2.05) is 36.6 Å². The molecule has 196 valence electrons. The highest BCUT2D eigenvalue weighted by atomic mass is 32.2. The summed E-state index contributed by atoms with van der Waals surface area (Å²) in [5, 5.41) is 40.6. The zero-order valence-electron chi connectivity index (χ0n) is 19.1. The van der Waals surface area contributed by atoms with Crippen LogP contribution in [0.4, 0.5) is 0 Å². The average Bonchev–Trinajstić information content (AvgIpc) is 2.78. The van der Waals surface area contributed by atoms with Crippen molar-refractivity contribution in [1.29, 1.82) is 0 Å². The SMILES string of the molecule is CSCC[C@H](N)C(=O)O.C[C@H](N)C(=O)O.N[C@@H](CO)C(=O)O.N[C@@H](Cc1ccccc1)C(=O)O. The predicted molar refractivity (Wildman–Crippen MR) is 128 cm³/mol. The Kier molecular flexibility index (Phi) is 23.3. The van der Waals surface area contributed by atoms with E-state index in [-0.39, 0.29) is 0 Å². The number of aliphatic hydroxyl groups is 1. The van der Waals surface area contributed by atoms with Crippen molar-refractivity contribution in [2.75, 3.05) is 18.6 Å². The molecule has 0 aromatic heterocycles. The molecule has 0 aliphatic rings. The van der Waals surface area contributed by atoms with Crippen LogP contribution in [0.15, 0.2) is 30.3 Å². The van der Waals surface area contributed by atoms with E-state index in [9.17, 15) is 19.2 Å². The van der Waals surface area contributed by atoms with Gasteiger partial charge in [-0.05, 0) is 37.3 Å². The smallest absolute Gasteiger partial charge is 0.322 e. The van der Waals surface area contributed by atoms with Crippen molar-refractivity contribution in [3.05, 3.63) is 35.9 Å². The molecule has 14 heteroatoms. The maximum absolute atomic E-state index is 10.4. The molecule has 0 saturated carbocycles. The third-order valence-corrected chi connectivity index (χ3v) is 4.11. The van der Waals surface area contributed by atoms with Crippen LogP contribution >= 0.6 is 11.8 Å². The Morgan fingerprint density at radius 1 is 0.794 bits per heavy atom. The van der Waals surface area contributed by atoms with Gasteiger partial charge >= 0.3 is 23.9 Å². The fourth-order valence-electron chi connectivity index (χ4n) is 1.40. The molecule has 1 aromatic carbocycles. The summed E-state index contributed by atoms with van der Waals surface area (Å²) in [5.41, 5.74) is 21.1. The van der Waals surface area contributed by atoms with E-state index in [4.69, 9.17) is 48.5 Å². The van der Waals surface area contributed by atoms with Gasteiger partial charge in [-0.1, -0.05) is 30.3 Å². The molecule has 0 heterocycles. The van der Waals surface area contributed by atoms with E-state index in [0.717, 1.165) is 11.3 Å². The van der Waals surface area contributed by atoms with Gasteiger partial charge in [-0.25, -0.2) is 0 Å². The molecule has 1 rings (SSSR count). The van der Waals surface area contributed by atoms with Crippen molar-refractivity contribution >= 4 is 35.6 Å². The van der Waals surface area contributed by atoms with Crippen molar-refractivity contribution in [3.8, 4) is 0 Å². The molecule has 0 unspecified atom stereocenters. The second kappa shape index (κ2) is 22.1. The average molecular weight is 509 g/mol. The van der Waals surface area contributed by atoms with Crippen molar-refractivity contribution in [2.45, 2.75) is 43.9 Å². The summed E-state index contributed by atoms with van der Waals surface area (Å²) in [5.74, 6) is -3.20. The third-order valence-electron chi connectivity index (χ3n) is 3.47. The first-order chi connectivity index (χ1) is 15.7. The maximum Gasteiger partial charge on any atom is 0.322 e.